The van der Waals surface area contributed by atoms with Gasteiger partial charge in [-0.15, -0.1) is 12.6 Å². The molecule has 2 heterocycles. The molecule has 0 unspecified atom stereocenters. The Hall–Kier alpha value is -1.55. The Labute approximate surface area is 137 Å². The van der Waals surface area contributed by atoms with E-state index in [1.807, 2.05) is 19.9 Å². The molecule has 0 atom stereocenters. The summed E-state index contributed by atoms with van der Waals surface area (Å²) in [6.07, 6.45) is 4.63. The average Bonchev–Trinajstić information content (AvgIpc) is 2.49. The van der Waals surface area contributed by atoms with E-state index in [1.54, 1.807) is 0 Å². The third kappa shape index (κ3) is 3.27. The molecular formula is C18H23N3S. The Bertz CT molecular complexity index is 716. The molecule has 0 saturated carbocycles. The van der Waals surface area contributed by atoms with Crippen molar-refractivity contribution in [3.63, 3.8) is 0 Å². The van der Waals surface area contributed by atoms with E-state index >= 15 is 0 Å². The monoisotopic (exact) mass is 313 g/mol. The summed E-state index contributed by atoms with van der Waals surface area (Å²) in [6.45, 7) is 8.53. The maximum Gasteiger partial charge on any atom is 0.0896 e. The summed E-state index contributed by atoms with van der Waals surface area (Å²) < 4.78 is 0. The van der Waals surface area contributed by atoms with Crippen LogP contribution in [0.15, 0.2) is 23.2 Å². The van der Waals surface area contributed by atoms with Crippen molar-refractivity contribution in [3.05, 3.63) is 40.2 Å². The lowest BCUT2D eigenvalue weighted by Crippen LogP contribution is -2.30. The van der Waals surface area contributed by atoms with Crippen molar-refractivity contribution in [1.29, 1.82) is 0 Å². The van der Waals surface area contributed by atoms with Gasteiger partial charge in [-0.25, -0.2) is 9.97 Å². The summed E-state index contributed by atoms with van der Waals surface area (Å²) in [4.78, 5) is 11.6. The van der Waals surface area contributed by atoms with E-state index in [9.17, 15) is 0 Å². The van der Waals surface area contributed by atoms with E-state index in [2.05, 4.69) is 40.0 Å². The van der Waals surface area contributed by atoms with Crippen molar-refractivity contribution in [2.75, 3.05) is 13.1 Å². The maximum atomic E-state index is 4.70. The first-order valence-corrected chi connectivity index (χ1v) is 8.38. The molecular weight excluding hydrogens is 290 g/mol. The lowest BCUT2D eigenvalue weighted by molar-refractivity contribution is 0.252. The number of piperidine rings is 1. The zero-order valence-electron chi connectivity index (χ0n) is 13.5. The smallest absolute Gasteiger partial charge is 0.0896 e. The van der Waals surface area contributed by atoms with Gasteiger partial charge in [0.05, 0.1) is 27.5 Å². The predicted octanol–water partition coefficient (Wildman–Crippen LogP) is 4.21. The van der Waals surface area contributed by atoms with Crippen LogP contribution >= 0.6 is 12.6 Å². The first kappa shape index (κ1) is 15.3. The third-order valence-electron chi connectivity index (χ3n) is 4.50. The van der Waals surface area contributed by atoms with Crippen LogP contribution in [0.5, 0.6) is 0 Å². The first-order chi connectivity index (χ1) is 10.5. The first-order valence-electron chi connectivity index (χ1n) is 7.93. The molecule has 4 heteroatoms. The standard InChI is InChI=1S/C18H23N3S/c1-12-6-8-21(9-7-12)18(22)11-15-4-5-16-17(10-15)20-14(3)13(2)19-16/h4-5,10-12,22H,6-9H2,1-3H3/b18-11-. The Morgan fingerprint density at radius 1 is 1.14 bits per heavy atom. The number of thiol groups is 1. The van der Waals surface area contributed by atoms with Crippen LogP contribution in [-0.2, 0) is 0 Å². The zero-order valence-corrected chi connectivity index (χ0v) is 14.4. The molecule has 0 aliphatic carbocycles. The van der Waals surface area contributed by atoms with Crippen LogP contribution in [0.25, 0.3) is 17.1 Å². The fraction of sp³-hybridized carbons (Fsp3) is 0.444. The second-order valence-corrected chi connectivity index (χ2v) is 6.77. The highest BCUT2D eigenvalue weighted by molar-refractivity contribution is 7.84. The minimum atomic E-state index is 0.833. The molecule has 116 valence electrons. The molecule has 1 aliphatic heterocycles. The molecule has 1 aromatic heterocycles. The number of likely N-dealkylation sites (tertiary alicyclic amines) is 1. The number of benzene rings is 1. The Morgan fingerprint density at radius 2 is 1.77 bits per heavy atom. The molecule has 1 fully saturated rings. The van der Waals surface area contributed by atoms with Crippen molar-refractivity contribution in [2.24, 2.45) is 5.92 Å². The number of fused-ring (bicyclic) bond motifs is 1. The Balaban J connectivity index is 1.86. The van der Waals surface area contributed by atoms with Crippen LogP contribution in [0, 0.1) is 19.8 Å². The van der Waals surface area contributed by atoms with Gasteiger partial charge in [0, 0.05) is 13.1 Å². The lowest BCUT2D eigenvalue weighted by Gasteiger charge is -2.32. The van der Waals surface area contributed by atoms with Gasteiger partial charge >= 0.3 is 0 Å². The minimum Gasteiger partial charge on any atom is -0.367 e. The fourth-order valence-corrected chi connectivity index (χ4v) is 3.16. The van der Waals surface area contributed by atoms with Crippen molar-refractivity contribution in [2.45, 2.75) is 33.6 Å². The van der Waals surface area contributed by atoms with E-state index < -0.39 is 0 Å². The van der Waals surface area contributed by atoms with Crippen LogP contribution in [0.1, 0.15) is 36.7 Å². The lowest BCUT2D eigenvalue weighted by atomic mass is 9.99. The van der Waals surface area contributed by atoms with Crippen LogP contribution in [0.2, 0.25) is 0 Å². The van der Waals surface area contributed by atoms with Crippen molar-refractivity contribution >= 4 is 29.7 Å². The van der Waals surface area contributed by atoms with E-state index in [1.165, 1.54) is 12.8 Å². The number of rotatable bonds is 2. The van der Waals surface area contributed by atoms with E-state index in [0.29, 0.717) is 0 Å². The normalized spacial score (nSPS) is 17.3. The fourth-order valence-electron chi connectivity index (χ4n) is 2.82. The van der Waals surface area contributed by atoms with Crippen LogP contribution in [0.4, 0.5) is 0 Å². The molecule has 22 heavy (non-hydrogen) atoms. The molecule has 1 aromatic carbocycles. The van der Waals surface area contributed by atoms with E-state index in [4.69, 9.17) is 12.6 Å². The highest BCUT2D eigenvalue weighted by Crippen LogP contribution is 2.24. The summed E-state index contributed by atoms with van der Waals surface area (Å²) in [6, 6.07) is 6.23. The molecule has 0 spiro atoms. The summed E-state index contributed by atoms with van der Waals surface area (Å²) in [5.41, 5.74) is 5.02. The van der Waals surface area contributed by atoms with Gasteiger partial charge in [-0.2, -0.15) is 0 Å². The molecule has 3 nitrogen and oxygen atoms in total. The van der Waals surface area contributed by atoms with Gasteiger partial charge in [-0.1, -0.05) is 13.0 Å². The van der Waals surface area contributed by atoms with Crippen molar-refractivity contribution < 1.29 is 0 Å². The van der Waals surface area contributed by atoms with Crippen LogP contribution in [-0.4, -0.2) is 28.0 Å². The summed E-state index contributed by atoms with van der Waals surface area (Å²) in [5, 5.41) is 1.04. The summed E-state index contributed by atoms with van der Waals surface area (Å²) in [5.74, 6) is 0.833. The molecule has 1 aliphatic rings. The summed E-state index contributed by atoms with van der Waals surface area (Å²) in [7, 11) is 0. The second kappa shape index (κ2) is 6.29. The molecule has 0 amide bonds. The molecule has 0 radical (unpaired) electrons. The van der Waals surface area contributed by atoms with Gasteiger partial charge in [0.15, 0.2) is 0 Å². The van der Waals surface area contributed by atoms with Crippen molar-refractivity contribution in [1.82, 2.24) is 14.9 Å². The van der Waals surface area contributed by atoms with E-state index in [-0.39, 0.29) is 0 Å². The molecule has 0 N–H and O–H groups in total. The number of hydrogen-bond donors (Lipinski definition) is 1. The number of aromatic nitrogens is 2. The third-order valence-corrected chi connectivity index (χ3v) is 4.91. The summed E-state index contributed by atoms with van der Waals surface area (Å²) >= 11 is 4.70. The van der Waals surface area contributed by atoms with Crippen molar-refractivity contribution in [3.8, 4) is 0 Å². The SMILES string of the molecule is Cc1nc2ccc(/C=C(\S)N3CCC(C)CC3)cc2nc1C. The van der Waals surface area contributed by atoms with Crippen LogP contribution < -0.4 is 0 Å². The van der Waals surface area contributed by atoms with Gasteiger partial charge < -0.3 is 4.90 Å². The van der Waals surface area contributed by atoms with Gasteiger partial charge in [0.2, 0.25) is 0 Å². The quantitative estimate of drug-likeness (QED) is 0.842. The number of nitrogens with zero attached hydrogens (tertiary/aromatic N) is 3. The molecule has 3 rings (SSSR count). The second-order valence-electron chi connectivity index (χ2n) is 6.31. The minimum absolute atomic E-state index is 0.833. The molecule has 2 aromatic rings. The Morgan fingerprint density at radius 3 is 2.45 bits per heavy atom. The maximum absolute atomic E-state index is 4.70. The van der Waals surface area contributed by atoms with Gasteiger partial charge in [0.1, 0.15) is 0 Å². The van der Waals surface area contributed by atoms with E-state index in [0.717, 1.165) is 52.0 Å². The van der Waals surface area contributed by atoms with Crippen LogP contribution in [0.3, 0.4) is 0 Å². The molecule has 1 saturated heterocycles. The van der Waals surface area contributed by atoms with Gasteiger partial charge in [-0.3, -0.25) is 0 Å². The topological polar surface area (TPSA) is 29.0 Å². The zero-order chi connectivity index (χ0) is 15.7. The average molecular weight is 313 g/mol. The van der Waals surface area contributed by atoms with Gasteiger partial charge in [0.25, 0.3) is 0 Å². The predicted molar refractivity (Wildman–Crippen MR) is 95.9 cm³/mol. The Kier molecular flexibility index (Phi) is 4.39. The van der Waals surface area contributed by atoms with Gasteiger partial charge in [-0.05, 0) is 56.4 Å². The number of aryl methyl sites for hydroxylation is 2. The highest BCUT2D eigenvalue weighted by Gasteiger charge is 2.16. The molecule has 0 bridgehead atoms. The number of hydrogen-bond acceptors (Lipinski definition) is 4. The largest absolute Gasteiger partial charge is 0.367 e. The highest BCUT2D eigenvalue weighted by atomic mass is 32.1.